The number of hydrogen-bond acceptors (Lipinski definition) is 2. The molecule has 4 nitrogen and oxygen atoms in total. The van der Waals surface area contributed by atoms with Crippen molar-refractivity contribution < 1.29 is 4.79 Å². The monoisotopic (exact) mass is 307 g/mol. The van der Waals surface area contributed by atoms with Gasteiger partial charge in [0.05, 0.1) is 17.5 Å². The van der Waals surface area contributed by atoms with Crippen molar-refractivity contribution in [3.05, 3.63) is 65.0 Å². The molecule has 4 heteroatoms. The summed E-state index contributed by atoms with van der Waals surface area (Å²) in [6.07, 6.45) is 0.414. The predicted molar refractivity (Wildman–Crippen MR) is 92.2 cm³/mol. The van der Waals surface area contributed by atoms with Crippen LogP contribution in [0.4, 0.5) is 0 Å². The van der Waals surface area contributed by atoms with Crippen LogP contribution in [0.15, 0.2) is 42.5 Å². The van der Waals surface area contributed by atoms with Crippen molar-refractivity contribution in [1.82, 2.24) is 14.9 Å². The minimum atomic E-state index is 0.0385. The van der Waals surface area contributed by atoms with Gasteiger partial charge in [0, 0.05) is 13.6 Å². The van der Waals surface area contributed by atoms with E-state index >= 15 is 0 Å². The summed E-state index contributed by atoms with van der Waals surface area (Å²) in [7, 11) is 2.01. The first-order chi connectivity index (χ1) is 11.0. The van der Waals surface area contributed by atoms with Crippen LogP contribution in [0.25, 0.3) is 11.0 Å². The van der Waals surface area contributed by atoms with Gasteiger partial charge in [0.25, 0.3) is 0 Å². The largest absolute Gasteiger partial charge is 0.352 e. The molecule has 0 aliphatic carbocycles. The normalized spacial score (nSPS) is 10.9. The number of carbonyl (C=O) groups excluding carboxylic acids is 1. The second kappa shape index (κ2) is 6.24. The molecule has 0 bridgehead atoms. The molecule has 0 spiro atoms. The zero-order valence-corrected chi connectivity index (χ0v) is 13.8. The van der Waals surface area contributed by atoms with E-state index in [4.69, 9.17) is 0 Å². The van der Waals surface area contributed by atoms with Crippen LogP contribution in [0.5, 0.6) is 0 Å². The SMILES string of the molecule is Cc1ccccc1CC(=O)NCc1ccc2c(c1)nc(C)n2C. The third-order valence-corrected chi connectivity index (χ3v) is 4.27. The molecular formula is C19H21N3O. The molecule has 0 radical (unpaired) electrons. The Labute approximate surface area is 136 Å². The fourth-order valence-electron chi connectivity index (χ4n) is 2.72. The van der Waals surface area contributed by atoms with E-state index in [1.165, 1.54) is 0 Å². The lowest BCUT2D eigenvalue weighted by Gasteiger charge is -2.07. The summed E-state index contributed by atoms with van der Waals surface area (Å²) in [5.74, 6) is 1.03. The van der Waals surface area contributed by atoms with Gasteiger partial charge in [0.15, 0.2) is 0 Å². The topological polar surface area (TPSA) is 46.9 Å². The number of imidazole rings is 1. The Morgan fingerprint density at radius 1 is 1.17 bits per heavy atom. The summed E-state index contributed by atoms with van der Waals surface area (Å²) < 4.78 is 2.07. The Morgan fingerprint density at radius 3 is 2.74 bits per heavy atom. The third kappa shape index (κ3) is 3.26. The molecule has 3 aromatic rings. The van der Waals surface area contributed by atoms with Crippen LogP contribution in [0.1, 0.15) is 22.5 Å². The highest BCUT2D eigenvalue weighted by Crippen LogP contribution is 2.16. The second-order valence-corrected chi connectivity index (χ2v) is 5.92. The smallest absolute Gasteiger partial charge is 0.224 e. The number of nitrogens with one attached hydrogen (secondary N) is 1. The van der Waals surface area contributed by atoms with Gasteiger partial charge in [-0.3, -0.25) is 4.79 Å². The van der Waals surface area contributed by atoms with Crippen molar-refractivity contribution in [1.29, 1.82) is 0 Å². The van der Waals surface area contributed by atoms with E-state index < -0.39 is 0 Å². The van der Waals surface area contributed by atoms with Crippen LogP contribution in [0, 0.1) is 13.8 Å². The van der Waals surface area contributed by atoms with Crippen LogP contribution in [-0.2, 0) is 24.8 Å². The van der Waals surface area contributed by atoms with Gasteiger partial charge in [-0.25, -0.2) is 4.98 Å². The number of aromatic nitrogens is 2. The number of rotatable bonds is 4. The fourth-order valence-corrected chi connectivity index (χ4v) is 2.72. The average molecular weight is 307 g/mol. The first-order valence-corrected chi connectivity index (χ1v) is 7.78. The van der Waals surface area contributed by atoms with Crippen molar-refractivity contribution in [2.24, 2.45) is 7.05 Å². The molecule has 2 aromatic carbocycles. The van der Waals surface area contributed by atoms with Gasteiger partial charge in [-0.1, -0.05) is 30.3 Å². The summed E-state index contributed by atoms with van der Waals surface area (Å²) in [6.45, 7) is 4.54. The number of aryl methyl sites for hydroxylation is 3. The summed E-state index contributed by atoms with van der Waals surface area (Å²) in [6, 6.07) is 14.1. The average Bonchev–Trinajstić information content (AvgIpc) is 2.82. The summed E-state index contributed by atoms with van der Waals surface area (Å²) >= 11 is 0. The van der Waals surface area contributed by atoms with E-state index in [0.29, 0.717) is 13.0 Å². The van der Waals surface area contributed by atoms with Gasteiger partial charge in [-0.15, -0.1) is 0 Å². The molecule has 0 fully saturated rings. The Hall–Kier alpha value is -2.62. The first kappa shape index (κ1) is 15.3. The number of nitrogens with zero attached hydrogens (tertiary/aromatic N) is 2. The number of benzene rings is 2. The highest BCUT2D eigenvalue weighted by molar-refractivity contribution is 5.79. The van der Waals surface area contributed by atoms with Gasteiger partial charge >= 0.3 is 0 Å². The molecule has 1 aromatic heterocycles. The van der Waals surface area contributed by atoms with Crippen molar-refractivity contribution >= 4 is 16.9 Å². The molecule has 0 aliphatic heterocycles. The lowest BCUT2D eigenvalue weighted by atomic mass is 10.1. The second-order valence-electron chi connectivity index (χ2n) is 5.92. The van der Waals surface area contributed by atoms with Gasteiger partial charge < -0.3 is 9.88 Å². The molecule has 0 atom stereocenters. The molecule has 1 N–H and O–H groups in total. The Balaban J connectivity index is 1.66. The van der Waals surface area contributed by atoms with E-state index in [2.05, 4.69) is 20.9 Å². The molecule has 0 saturated heterocycles. The van der Waals surface area contributed by atoms with Crippen molar-refractivity contribution in [3.63, 3.8) is 0 Å². The van der Waals surface area contributed by atoms with Gasteiger partial charge in [0.2, 0.25) is 5.91 Å². The maximum absolute atomic E-state index is 12.1. The maximum atomic E-state index is 12.1. The minimum absolute atomic E-state index is 0.0385. The standard InChI is InChI=1S/C19H21N3O/c1-13-6-4-5-7-16(13)11-19(23)20-12-15-8-9-18-17(10-15)21-14(2)22(18)3/h4-10H,11-12H2,1-3H3,(H,20,23). The summed E-state index contributed by atoms with van der Waals surface area (Å²) in [5, 5.41) is 2.99. The highest BCUT2D eigenvalue weighted by atomic mass is 16.1. The van der Waals surface area contributed by atoms with Crippen LogP contribution < -0.4 is 5.32 Å². The van der Waals surface area contributed by atoms with Crippen LogP contribution in [0.3, 0.4) is 0 Å². The van der Waals surface area contributed by atoms with Gasteiger partial charge in [-0.2, -0.15) is 0 Å². The summed E-state index contributed by atoms with van der Waals surface area (Å²) in [5.41, 5.74) is 5.36. The minimum Gasteiger partial charge on any atom is -0.352 e. The van der Waals surface area contributed by atoms with Crippen LogP contribution in [-0.4, -0.2) is 15.5 Å². The number of fused-ring (bicyclic) bond motifs is 1. The van der Waals surface area contributed by atoms with Crippen molar-refractivity contribution in [2.45, 2.75) is 26.8 Å². The predicted octanol–water partition coefficient (Wildman–Crippen LogP) is 3.05. The molecule has 23 heavy (non-hydrogen) atoms. The lowest BCUT2D eigenvalue weighted by Crippen LogP contribution is -2.24. The lowest BCUT2D eigenvalue weighted by molar-refractivity contribution is -0.120. The van der Waals surface area contributed by atoms with E-state index in [-0.39, 0.29) is 5.91 Å². The number of amides is 1. The number of carbonyl (C=O) groups is 1. The maximum Gasteiger partial charge on any atom is 0.224 e. The third-order valence-electron chi connectivity index (χ3n) is 4.27. The van der Waals surface area contributed by atoms with E-state index in [0.717, 1.165) is 33.5 Å². The Bertz CT molecular complexity index is 864. The molecule has 118 valence electrons. The van der Waals surface area contributed by atoms with Crippen LogP contribution in [0.2, 0.25) is 0 Å². The van der Waals surface area contributed by atoms with Gasteiger partial charge in [-0.05, 0) is 42.7 Å². The Kier molecular flexibility index (Phi) is 4.15. The van der Waals surface area contributed by atoms with Crippen molar-refractivity contribution in [3.8, 4) is 0 Å². The summed E-state index contributed by atoms with van der Waals surface area (Å²) in [4.78, 5) is 16.7. The highest BCUT2D eigenvalue weighted by Gasteiger charge is 2.07. The molecule has 0 saturated carbocycles. The first-order valence-electron chi connectivity index (χ1n) is 7.78. The number of hydrogen-bond donors (Lipinski definition) is 1. The molecule has 1 amide bonds. The van der Waals surface area contributed by atoms with Gasteiger partial charge in [0.1, 0.15) is 5.82 Å². The Morgan fingerprint density at radius 2 is 1.96 bits per heavy atom. The zero-order valence-electron chi connectivity index (χ0n) is 13.8. The molecule has 0 unspecified atom stereocenters. The van der Waals surface area contributed by atoms with Crippen molar-refractivity contribution in [2.75, 3.05) is 0 Å². The molecule has 1 heterocycles. The van der Waals surface area contributed by atoms with E-state index in [1.54, 1.807) is 0 Å². The zero-order chi connectivity index (χ0) is 16.4. The molecular weight excluding hydrogens is 286 g/mol. The molecule has 0 aliphatic rings. The fraction of sp³-hybridized carbons (Fsp3) is 0.263. The van der Waals surface area contributed by atoms with E-state index in [9.17, 15) is 4.79 Å². The quantitative estimate of drug-likeness (QED) is 0.805. The van der Waals surface area contributed by atoms with E-state index in [1.807, 2.05) is 57.3 Å². The molecule has 3 rings (SSSR count). The van der Waals surface area contributed by atoms with Crippen LogP contribution >= 0.6 is 0 Å².